The van der Waals surface area contributed by atoms with E-state index in [-0.39, 0.29) is 6.61 Å². The van der Waals surface area contributed by atoms with Crippen LogP contribution >= 0.6 is 0 Å². The molecule has 0 atom stereocenters. The van der Waals surface area contributed by atoms with E-state index in [1.807, 2.05) is 31.2 Å². The maximum Gasteiger partial charge on any atom is 0.411 e. The first-order valence-electron chi connectivity index (χ1n) is 5.42. The molecule has 1 aromatic carbocycles. The molecule has 0 radical (unpaired) electrons. The van der Waals surface area contributed by atoms with Crippen molar-refractivity contribution in [1.82, 2.24) is 0 Å². The van der Waals surface area contributed by atoms with Crippen molar-refractivity contribution < 1.29 is 17.9 Å². The highest BCUT2D eigenvalue weighted by Crippen LogP contribution is 2.14. The average molecular weight is 247 g/mol. The van der Waals surface area contributed by atoms with Gasteiger partial charge in [0.2, 0.25) is 0 Å². The van der Waals surface area contributed by atoms with Crippen molar-refractivity contribution >= 4 is 5.69 Å². The van der Waals surface area contributed by atoms with Gasteiger partial charge in [0.05, 0.1) is 0 Å². The van der Waals surface area contributed by atoms with Crippen LogP contribution < -0.4 is 5.32 Å². The standard InChI is InChI=1S/C12H16F3NO/c1-10-4-2-5-11(8-10)16-6-3-7-17-9-12(13,14)15/h2,4-5,8,16H,3,6-7,9H2,1H3. The van der Waals surface area contributed by atoms with E-state index < -0.39 is 12.8 Å². The molecule has 0 aromatic heterocycles. The fraction of sp³-hybridized carbons (Fsp3) is 0.500. The monoisotopic (exact) mass is 247 g/mol. The summed E-state index contributed by atoms with van der Waals surface area (Å²) in [4.78, 5) is 0. The summed E-state index contributed by atoms with van der Waals surface area (Å²) in [5.41, 5.74) is 2.11. The fourth-order valence-electron chi connectivity index (χ4n) is 1.35. The summed E-state index contributed by atoms with van der Waals surface area (Å²) in [6.07, 6.45) is -3.69. The first-order valence-corrected chi connectivity index (χ1v) is 5.42. The van der Waals surface area contributed by atoms with Crippen molar-refractivity contribution in [2.75, 3.05) is 25.1 Å². The van der Waals surface area contributed by atoms with E-state index in [9.17, 15) is 13.2 Å². The second-order valence-corrected chi connectivity index (χ2v) is 3.82. The Hall–Kier alpha value is -1.23. The van der Waals surface area contributed by atoms with Gasteiger partial charge in [0.25, 0.3) is 0 Å². The minimum absolute atomic E-state index is 0.109. The fourth-order valence-corrected chi connectivity index (χ4v) is 1.35. The molecule has 0 spiro atoms. The highest BCUT2D eigenvalue weighted by atomic mass is 19.4. The van der Waals surface area contributed by atoms with Gasteiger partial charge in [-0.25, -0.2) is 0 Å². The SMILES string of the molecule is Cc1cccc(NCCCOCC(F)(F)F)c1. The molecule has 0 unspecified atom stereocenters. The molecule has 0 heterocycles. The lowest BCUT2D eigenvalue weighted by atomic mass is 10.2. The number of halogens is 3. The van der Waals surface area contributed by atoms with Gasteiger partial charge in [0, 0.05) is 18.8 Å². The van der Waals surface area contributed by atoms with Crippen molar-refractivity contribution in [2.24, 2.45) is 0 Å². The number of anilines is 1. The summed E-state index contributed by atoms with van der Waals surface area (Å²) in [6.45, 7) is 1.52. The van der Waals surface area contributed by atoms with Crippen LogP contribution in [-0.4, -0.2) is 25.9 Å². The second kappa shape index (κ2) is 6.49. The molecule has 0 saturated carbocycles. The van der Waals surface area contributed by atoms with Crippen LogP contribution in [0, 0.1) is 6.92 Å². The molecule has 0 aliphatic heterocycles. The molecular formula is C12H16F3NO. The number of hydrogen-bond acceptors (Lipinski definition) is 2. The lowest BCUT2D eigenvalue weighted by molar-refractivity contribution is -0.173. The van der Waals surface area contributed by atoms with Crippen LogP contribution in [0.3, 0.4) is 0 Å². The van der Waals surface area contributed by atoms with Crippen LogP contribution in [0.1, 0.15) is 12.0 Å². The first kappa shape index (κ1) is 13.8. The van der Waals surface area contributed by atoms with Gasteiger partial charge >= 0.3 is 6.18 Å². The van der Waals surface area contributed by atoms with Crippen molar-refractivity contribution in [2.45, 2.75) is 19.5 Å². The van der Waals surface area contributed by atoms with E-state index >= 15 is 0 Å². The Morgan fingerprint density at radius 1 is 1.29 bits per heavy atom. The number of rotatable bonds is 6. The molecule has 0 fully saturated rings. The molecule has 96 valence electrons. The van der Waals surface area contributed by atoms with Gasteiger partial charge in [-0.05, 0) is 31.0 Å². The smallest absolute Gasteiger partial charge is 0.385 e. The lowest BCUT2D eigenvalue weighted by Gasteiger charge is -2.09. The summed E-state index contributed by atoms with van der Waals surface area (Å²) >= 11 is 0. The zero-order valence-electron chi connectivity index (χ0n) is 9.68. The van der Waals surface area contributed by atoms with Crippen LogP contribution in [-0.2, 0) is 4.74 Å². The third kappa shape index (κ3) is 6.84. The quantitative estimate of drug-likeness (QED) is 0.778. The Morgan fingerprint density at radius 3 is 2.71 bits per heavy atom. The molecule has 0 saturated heterocycles. The molecular weight excluding hydrogens is 231 g/mol. The molecule has 1 aromatic rings. The highest BCUT2D eigenvalue weighted by molar-refractivity contribution is 5.45. The molecule has 0 aliphatic rings. The van der Waals surface area contributed by atoms with E-state index in [2.05, 4.69) is 10.1 Å². The minimum Gasteiger partial charge on any atom is -0.385 e. The van der Waals surface area contributed by atoms with Gasteiger partial charge in [-0.15, -0.1) is 0 Å². The topological polar surface area (TPSA) is 21.3 Å². The Labute approximate surface area is 98.8 Å². The third-order valence-electron chi connectivity index (χ3n) is 2.08. The summed E-state index contributed by atoms with van der Waals surface area (Å²) in [6, 6.07) is 7.82. The maximum atomic E-state index is 11.7. The van der Waals surface area contributed by atoms with Crippen molar-refractivity contribution in [3.05, 3.63) is 29.8 Å². The van der Waals surface area contributed by atoms with Gasteiger partial charge < -0.3 is 10.1 Å². The minimum atomic E-state index is -4.23. The highest BCUT2D eigenvalue weighted by Gasteiger charge is 2.27. The number of aryl methyl sites for hydroxylation is 1. The molecule has 0 bridgehead atoms. The van der Waals surface area contributed by atoms with Crippen LogP contribution in [0.15, 0.2) is 24.3 Å². The van der Waals surface area contributed by atoms with Crippen LogP contribution in [0.4, 0.5) is 18.9 Å². The van der Waals surface area contributed by atoms with Gasteiger partial charge in [-0.1, -0.05) is 12.1 Å². The Balaban J connectivity index is 2.09. The van der Waals surface area contributed by atoms with Gasteiger partial charge in [-0.3, -0.25) is 0 Å². The van der Waals surface area contributed by atoms with Crippen LogP contribution in [0.5, 0.6) is 0 Å². The molecule has 0 amide bonds. The number of hydrogen-bond donors (Lipinski definition) is 1. The Morgan fingerprint density at radius 2 is 2.06 bits per heavy atom. The number of nitrogens with one attached hydrogen (secondary N) is 1. The van der Waals surface area contributed by atoms with Crippen molar-refractivity contribution in [1.29, 1.82) is 0 Å². The Kier molecular flexibility index (Phi) is 5.28. The molecule has 2 nitrogen and oxygen atoms in total. The predicted octanol–water partition coefficient (Wildman–Crippen LogP) is 3.38. The number of benzene rings is 1. The van der Waals surface area contributed by atoms with Crippen molar-refractivity contribution in [3.8, 4) is 0 Å². The van der Waals surface area contributed by atoms with Gasteiger partial charge in [-0.2, -0.15) is 13.2 Å². The summed E-state index contributed by atoms with van der Waals surface area (Å²) in [5, 5.41) is 3.12. The summed E-state index contributed by atoms with van der Waals surface area (Å²) in [7, 11) is 0. The van der Waals surface area contributed by atoms with E-state index in [0.717, 1.165) is 11.3 Å². The van der Waals surface area contributed by atoms with Gasteiger partial charge in [0.1, 0.15) is 6.61 Å². The third-order valence-corrected chi connectivity index (χ3v) is 2.08. The Bertz CT molecular complexity index is 339. The van der Waals surface area contributed by atoms with E-state index in [0.29, 0.717) is 13.0 Å². The molecule has 1 N–H and O–H groups in total. The number of ether oxygens (including phenoxy) is 1. The predicted molar refractivity (Wildman–Crippen MR) is 61.2 cm³/mol. The van der Waals surface area contributed by atoms with Crippen LogP contribution in [0.25, 0.3) is 0 Å². The number of alkyl halides is 3. The van der Waals surface area contributed by atoms with E-state index in [4.69, 9.17) is 0 Å². The van der Waals surface area contributed by atoms with E-state index in [1.54, 1.807) is 0 Å². The lowest BCUT2D eigenvalue weighted by Crippen LogP contribution is -2.18. The molecule has 0 aliphatic carbocycles. The molecule has 17 heavy (non-hydrogen) atoms. The van der Waals surface area contributed by atoms with E-state index in [1.165, 1.54) is 0 Å². The van der Waals surface area contributed by atoms with Gasteiger partial charge in [0.15, 0.2) is 0 Å². The molecule has 1 rings (SSSR count). The second-order valence-electron chi connectivity index (χ2n) is 3.82. The first-order chi connectivity index (χ1) is 7.97. The summed E-state index contributed by atoms with van der Waals surface area (Å²) in [5.74, 6) is 0. The van der Waals surface area contributed by atoms with Crippen molar-refractivity contribution in [3.63, 3.8) is 0 Å². The summed E-state index contributed by atoms with van der Waals surface area (Å²) < 4.78 is 39.7. The average Bonchev–Trinajstić information content (AvgIpc) is 2.22. The largest absolute Gasteiger partial charge is 0.411 e. The maximum absolute atomic E-state index is 11.7. The van der Waals surface area contributed by atoms with Crippen LogP contribution in [0.2, 0.25) is 0 Å². The zero-order chi connectivity index (χ0) is 12.7. The normalized spacial score (nSPS) is 11.5. The zero-order valence-corrected chi connectivity index (χ0v) is 9.68. The molecule has 5 heteroatoms.